The van der Waals surface area contributed by atoms with E-state index in [9.17, 15) is 5.11 Å². The normalized spacial score (nSPS) is 24.5. The number of nitrogens with zero attached hydrogens (tertiary/aromatic N) is 1. The lowest BCUT2D eigenvalue weighted by molar-refractivity contribution is 0.0671. The molecule has 0 aliphatic heterocycles. The molecule has 4 heteroatoms. The summed E-state index contributed by atoms with van der Waals surface area (Å²) in [6, 6.07) is 1.22. The SMILES string of the molecule is COCCN(CC(C)(CO)NC1CC1)C(C)C1CC1. The van der Waals surface area contributed by atoms with Crippen LogP contribution in [0.1, 0.15) is 39.5 Å². The minimum atomic E-state index is -0.182. The predicted molar refractivity (Wildman–Crippen MR) is 77.3 cm³/mol. The Morgan fingerprint density at radius 3 is 2.53 bits per heavy atom. The van der Waals surface area contributed by atoms with Gasteiger partial charge in [-0.25, -0.2) is 0 Å². The molecular weight excluding hydrogens is 240 g/mol. The lowest BCUT2D eigenvalue weighted by atomic mass is 10.0. The second-order valence-electron chi connectivity index (χ2n) is 6.68. The van der Waals surface area contributed by atoms with Crippen LogP contribution in [-0.2, 0) is 4.74 Å². The molecular formula is C15H30N2O2. The van der Waals surface area contributed by atoms with Crippen LogP contribution >= 0.6 is 0 Å². The highest BCUT2D eigenvalue weighted by molar-refractivity contribution is 4.96. The lowest BCUT2D eigenvalue weighted by Gasteiger charge is -2.38. The van der Waals surface area contributed by atoms with Crippen molar-refractivity contribution in [3.63, 3.8) is 0 Å². The average molecular weight is 270 g/mol. The van der Waals surface area contributed by atoms with Crippen LogP contribution in [-0.4, -0.2) is 61.0 Å². The van der Waals surface area contributed by atoms with Crippen molar-refractivity contribution < 1.29 is 9.84 Å². The van der Waals surface area contributed by atoms with E-state index in [1.165, 1.54) is 25.7 Å². The average Bonchev–Trinajstić information content (AvgIpc) is 3.26. The first-order valence-electron chi connectivity index (χ1n) is 7.69. The smallest absolute Gasteiger partial charge is 0.0623 e. The molecule has 2 fully saturated rings. The van der Waals surface area contributed by atoms with E-state index in [2.05, 4.69) is 24.1 Å². The number of aliphatic hydroxyl groups is 1. The Morgan fingerprint density at radius 2 is 2.05 bits per heavy atom. The summed E-state index contributed by atoms with van der Waals surface area (Å²) in [5, 5.41) is 13.4. The zero-order valence-electron chi connectivity index (χ0n) is 12.7. The Labute approximate surface area is 117 Å². The van der Waals surface area contributed by atoms with Crippen LogP contribution in [0.2, 0.25) is 0 Å². The highest BCUT2D eigenvalue weighted by Gasteiger charge is 2.37. The highest BCUT2D eigenvalue weighted by atomic mass is 16.5. The van der Waals surface area contributed by atoms with Gasteiger partial charge in [-0.3, -0.25) is 4.90 Å². The monoisotopic (exact) mass is 270 g/mol. The van der Waals surface area contributed by atoms with Gasteiger partial charge < -0.3 is 15.2 Å². The van der Waals surface area contributed by atoms with E-state index in [-0.39, 0.29) is 12.1 Å². The van der Waals surface area contributed by atoms with Gasteiger partial charge in [-0.05, 0) is 45.4 Å². The van der Waals surface area contributed by atoms with Crippen molar-refractivity contribution in [2.75, 3.05) is 33.4 Å². The molecule has 2 rings (SSSR count). The molecule has 4 nitrogen and oxygen atoms in total. The van der Waals surface area contributed by atoms with E-state index < -0.39 is 0 Å². The van der Waals surface area contributed by atoms with Gasteiger partial charge in [0.25, 0.3) is 0 Å². The Bertz CT molecular complexity index is 279. The molecule has 112 valence electrons. The summed E-state index contributed by atoms with van der Waals surface area (Å²) in [6.45, 7) is 7.29. The molecule has 0 radical (unpaired) electrons. The number of nitrogens with one attached hydrogen (secondary N) is 1. The van der Waals surface area contributed by atoms with Crippen molar-refractivity contribution in [3.8, 4) is 0 Å². The predicted octanol–water partition coefficient (Wildman–Crippen LogP) is 1.24. The molecule has 0 aromatic rings. The fraction of sp³-hybridized carbons (Fsp3) is 1.00. The molecule has 0 aromatic carbocycles. The van der Waals surface area contributed by atoms with Gasteiger partial charge in [-0.2, -0.15) is 0 Å². The van der Waals surface area contributed by atoms with E-state index in [0.29, 0.717) is 12.1 Å². The number of aliphatic hydroxyl groups excluding tert-OH is 1. The number of ether oxygens (including phenoxy) is 1. The molecule has 2 atom stereocenters. The molecule has 0 heterocycles. The van der Waals surface area contributed by atoms with Crippen LogP contribution in [0.25, 0.3) is 0 Å². The largest absolute Gasteiger partial charge is 0.394 e. The third-order valence-corrected chi connectivity index (χ3v) is 4.49. The second kappa shape index (κ2) is 6.53. The quantitative estimate of drug-likeness (QED) is 0.627. The number of rotatable bonds is 10. The van der Waals surface area contributed by atoms with Gasteiger partial charge in [0.05, 0.1) is 18.8 Å². The summed E-state index contributed by atoms with van der Waals surface area (Å²) in [5.74, 6) is 0.848. The third kappa shape index (κ3) is 4.71. The van der Waals surface area contributed by atoms with Crippen molar-refractivity contribution in [1.29, 1.82) is 0 Å². The van der Waals surface area contributed by atoms with E-state index in [1.807, 2.05) is 0 Å². The maximum absolute atomic E-state index is 9.75. The first kappa shape index (κ1) is 15.2. The van der Waals surface area contributed by atoms with Gasteiger partial charge in [0, 0.05) is 32.3 Å². The zero-order valence-corrected chi connectivity index (χ0v) is 12.7. The fourth-order valence-corrected chi connectivity index (χ4v) is 2.82. The number of hydrogen-bond donors (Lipinski definition) is 2. The molecule has 2 aliphatic rings. The summed E-state index contributed by atoms with van der Waals surface area (Å²) in [6.07, 6.45) is 5.23. The van der Waals surface area contributed by atoms with E-state index in [0.717, 1.165) is 25.6 Å². The summed E-state index contributed by atoms with van der Waals surface area (Å²) in [7, 11) is 1.76. The maximum Gasteiger partial charge on any atom is 0.0623 e. The van der Waals surface area contributed by atoms with Crippen LogP contribution in [0.3, 0.4) is 0 Å². The Hall–Kier alpha value is -0.160. The zero-order chi connectivity index (χ0) is 13.9. The van der Waals surface area contributed by atoms with Gasteiger partial charge in [-0.15, -0.1) is 0 Å². The number of hydrogen-bond acceptors (Lipinski definition) is 4. The van der Waals surface area contributed by atoms with Gasteiger partial charge in [0.2, 0.25) is 0 Å². The molecule has 19 heavy (non-hydrogen) atoms. The van der Waals surface area contributed by atoms with Crippen LogP contribution in [0.15, 0.2) is 0 Å². The lowest BCUT2D eigenvalue weighted by Crippen LogP contribution is -2.57. The first-order chi connectivity index (χ1) is 9.08. The summed E-state index contributed by atoms with van der Waals surface area (Å²) in [5.41, 5.74) is -0.182. The number of methoxy groups -OCH3 is 1. The molecule has 0 aromatic heterocycles. The minimum Gasteiger partial charge on any atom is -0.394 e. The van der Waals surface area contributed by atoms with Crippen molar-refractivity contribution in [2.24, 2.45) is 5.92 Å². The van der Waals surface area contributed by atoms with Crippen LogP contribution in [0.5, 0.6) is 0 Å². The van der Waals surface area contributed by atoms with Gasteiger partial charge in [0.1, 0.15) is 0 Å². The topological polar surface area (TPSA) is 44.7 Å². The third-order valence-electron chi connectivity index (χ3n) is 4.49. The summed E-state index contributed by atoms with van der Waals surface area (Å²) in [4.78, 5) is 2.49. The minimum absolute atomic E-state index is 0.182. The van der Waals surface area contributed by atoms with Crippen molar-refractivity contribution >= 4 is 0 Å². The van der Waals surface area contributed by atoms with E-state index in [4.69, 9.17) is 4.74 Å². The van der Waals surface area contributed by atoms with E-state index >= 15 is 0 Å². The van der Waals surface area contributed by atoms with Gasteiger partial charge in [0.15, 0.2) is 0 Å². The van der Waals surface area contributed by atoms with Crippen LogP contribution in [0.4, 0.5) is 0 Å². The van der Waals surface area contributed by atoms with Crippen molar-refractivity contribution in [3.05, 3.63) is 0 Å². The van der Waals surface area contributed by atoms with Crippen LogP contribution in [0, 0.1) is 5.92 Å². The first-order valence-corrected chi connectivity index (χ1v) is 7.69. The summed E-state index contributed by atoms with van der Waals surface area (Å²) >= 11 is 0. The molecule has 0 spiro atoms. The molecule has 0 bridgehead atoms. The van der Waals surface area contributed by atoms with Crippen molar-refractivity contribution in [1.82, 2.24) is 10.2 Å². The molecule has 0 saturated heterocycles. The Balaban J connectivity index is 1.91. The second-order valence-corrected chi connectivity index (χ2v) is 6.68. The molecule has 2 aliphatic carbocycles. The van der Waals surface area contributed by atoms with E-state index in [1.54, 1.807) is 7.11 Å². The fourth-order valence-electron chi connectivity index (χ4n) is 2.82. The van der Waals surface area contributed by atoms with Gasteiger partial charge >= 0.3 is 0 Å². The highest BCUT2D eigenvalue weighted by Crippen LogP contribution is 2.35. The van der Waals surface area contributed by atoms with Crippen LogP contribution < -0.4 is 5.32 Å². The Kier molecular flexibility index (Phi) is 5.23. The van der Waals surface area contributed by atoms with Gasteiger partial charge in [-0.1, -0.05) is 0 Å². The molecule has 2 saturated carbocycles. The maximum atomic E-state index is 9.75. The Morgan fingerprint density at radius 1 is 1.37 bits per heavy atom. The molecule has 2 N–H and O–H groups in total. The van der Waals surface area contributed by atoms with Crippen molar-refractivity contribution in [2.45, 2.75) is 57.2 Å². The molecule has 2 unspecified atom stereocenters. The molecule has 0 amide bonds. The standard InChI is InChI=1S/C15H30N2O2/c1-12(13-4-5-13)17(8-9-19-3)10-15(2,11-18)16-14-6-7-14/h12-14,16,18H,4-11H2,1-3H3. The summed E-state index contributed by atoms with van der Waals surface area (Å²) < 4.78 is 5.24.